The number of hydrogen-bond acceptors (Lipinski definition) is 2. The molecule has 0 amide bonds. The molecular weight excluding hydrogens is 356 g/mol. The van der Waals surface area contributed by atoms with Crippen LogP contribution in [0.1, 0.15) is 29.5 Å². The van der Waals surface area contributed by atoms with Gasteiger partial charge in [-0.1, -0.05) is 54.1 Å². The van der Waals surface area contributed by atoms with Crippen molar-refractivity contribution in [1.29, 1.82) is 0 Å². The average Bonchev–Trinajstić information content (AvgIpc) is 3.07. The maximum Gasteiger partial charge on any atom is 0.141 e. The van der Waals surface area contributed by atoms with Crippen molar-refractivity contribution in [2.45, 2.75) is 40.2 Å². The molecule has 4 rings (SSSR count). The van der Waals surface area contributed by atoms with Gasteiger partial charge in [0.05, 0.1) is 17.6 Å². The molecule has 1 heterocycles. The largest absolute Gasteiger partial charge is 0.493 e. The summed E-state index contributed by atoms with van der Waals surface area (Å²) in [6.07, 6.45) is 2.05. The standard InChI is InChI=1S/C26H28N2O/c1-19-14-15-22(21(3)18-19)26-27-23-11-5-6-12-24(23)28(26)16-8-9-17-29-25-13-7-4-10-20(25)2/h4-7,10-15,18H,8-9,16-17H2,1-3H3. The topological polar surface area (TPSA) is 27.1 Å². The molecule has 0 saturated heterocycles. The Morgan fingerprint density at radius 3 is 2.45 bits per heavy atom. The van der Waals surface area contributed by atoms with Crippen molar-refractivity contribution >= 4 is 11.0 Å². The van der Waals surface area contributed by atoms with Crippen molar-refractivity contribution in [1.82, 2.24) is 9.55 Å². The number of para-hydroxylation sites is 3. The number of unbranched alkanes of at least 4 members (excludes halogenated alkanes) is 1. The van der Waals surface area contributed by atoms with Gasteiger partial charge < -0.3 is 9.30 Å². The summed E-state index contributed by atoms with van der Waals surface area (Å²) in [6.45, 7) is 8.05. The van der Waals surface area contributed by atoms with Crippen LogP contribution >= 0.6 is 0 Å². The summed E-state index contributed by atoms with van der Waals surface area (Å²) >= 11 is 0. The molecule has 0 fully saturated rings. The van der Waals surface area contributed by atoms with Crippen molar-refractivity contribution in [3.05, 3.63) is 83.4 Å². The fraction of sp³-hybridized carbons (Fsp3) is 0.269. The number of aryl methyl sites for hydroxylation is 4. The second-order valence-electron chi connectivity index (χ2n) is 7.72. The molecule has 0 spiro atoms. The zero-order chi connectivity index (χ0) is 20.2. The van der Waals surface area contributed by atoms with E-state index in [0.717, 1.165) is 43.1 Å². The molecule has 0 N–H and O–H groups in total. The smallest absolute Gasteiger partial charge is 0.141 e. The summed E-state index contributed by atoms with van der Waals surface area (Å²) in [6, 6.07) is 23.2. The first-order valence-corrected chi connectivity index (χ1v) is 10.3. The lowest BCUT2D eigenvalue weighted by molar-refractivity contribution is 0.302. The monoisotopic (exact) mass is 384 g/mol. The number of rotatable bonds is 7. The molecule has 0 atom stereocenters. The number of aromatic nitrogens is 2. The van der Waals surface area contributed by atoms with Crippen molar-refractivity contribution in [2.75, 3.05) is 6.61 Å². The Kier molecular flexibility index (Phi) is 5.66. The molecule has 0 aliphatic heterocycles. The van der Waals surface area contributed by atoms with Crippen LogP contribution in [0.15, 0.2) is 66.7 Å². The molecule has 0 unspecified atom stereocenters. The summed E-state index contributed by atoms with van der Waals surface area (Å²) in [5.74, 6) is 2.04. The van der Waals surface area contributed by atoms with Gasteiger partial charge in [0, 0.05) is 12.1 Å². The lowest BCUT2D eigenvalue weighted by atomic mass is 10.1. The van der Waals surface area contributed by atoms with Crippen LogP contribution in [-0.4, -0.2) is 16.2 Å². The highest BCUT2D eigenvalue weighted by Gasteiger charge is 2.14. The molecule has 0 saturated carbocycles. The van der Waals surface area contributed by atoms with Crippen LogP contribution in [-0.2, 0) is 6.54 Å². The Balaban J connectivity index is 1.51. The minimum atomic E-state index is 0.733. The maximum absolute atomic E-state index is 5.97. The summed E-state index contributed by atoms with van der Waals surface area (Å²) in [7, 11) is 0. The minimum absolute atomic E-state index is 0.733. The molecule has 4 aromatic rings. The normalized spacial score (nSPS) is 11.1. The lowest BCUT2D eigenvalue weighted by Gasteiger charge is -2.12. The van der Waals surface area contributed by atoms with Crippen molar-refractivity contribution in [2.24, 2.45) is 0 Å². The van der Waals surface area contributed by atoms with Crippen molar-refractivity contribution in [3.8, 4) is 17.1 Å². The molecule has 148 valence electrons. The SMILES string of the molecule is Cc1ccc(-c2nc3ccccc3n2CCCCOc2ccccc2C)c(C)c1. The zero-order valence-electron chi connectivity index (χ0n) is 17.5. The highest BCUT2D eigenvalue weighted by Crippen LogP contribution is 2.28. The Bertz CT molecular complexity index is 1130. The maximum atomic E-state index is 5.97. The molecule has 3 nitrogen and oxygen atoms in total. The van der Waals surface area contributed by atoms with Crippen LogP contribution in [0.2, 0.25) is 0 Å². The van der Waals surface area contributed by atoms with Crippen LogP contribution in [0, 0.1) is 20.8 Å². The fourth-order valence-electron chi connectivity index (χ4n) is 3.84. The van der Waals surface area contributed by atoms with E-state index in [1.807, 2.05) is 18.2 Å². The van der Waals surface area contributed by atoms with Crippen molar-refractivity contribution < 1.29 is 4.74 Å². The third-order valence-electron chi connectivity index (χ3n) is 5.40. The number of hydrogen-bond donors (Lipinski definition) is 0. The first-order chi connectivity index (χ1) is 14.1. The second kappa shape index (κ2) is 8.52. The molecule has 0 radical (unpaired) electrons. The van der Waals surface area contributed by atoms with E-state index in [9.17, 15) is 0 Å². The highest BCUT2D eigenvalue weighted by molar-refractivity contribution is 5.81. The quantitative estimate of drug-likeness (QED) is 0.341. The van der Waals surface area contributed by atoms with Gasteiger partial charge in [0.1, 0.15) is 11.6 Å². The van der Waals surface area contributed by atoms with Gasteiger partial charge in [-0.15, -0.1) is 0 Å². The van der Waals surface area contributed by atoms with Crippen LogP contribution < -0.4 is 4.74 Å². The summed E-state index contributed by atoms with van der Waals surface area (Å²) in [5.41, 5.74) is 7.20. The number of benzene rings is 3. The molecule has 29 heavy (non-hydrogen) atoms. The third kappa shape index (κ3) is 4.19. The number of nitrogens with zero attached hydrogens (tertiary/aromatic N) is 2. The van der Waals surface area contributed by atoms with Crippen LogP contribution in [0.5, 0.6) is 5.75 Å². The van der Waals surface area contributed by atoms with Gasteiger partial charge in [0.25, 0.3) is 0 Å². The van der Waals surface area contributed by atoms with E-state index in [1.54, 1.807) is 0 Å². The summed E-state index contributed by atoms with van der Waals surface area (Å²) in [4.78, 5) is 4.96. The molecule has 3 aromatic carbocycles. The Morgan fingerprint density at radius 2 is 1.62 bits per heavy atom. The van der Waals surface area contributed by atoms with E-state index in [2.05, 4.69) is 73.9 Å². The molecule has 0 aliphatic carbocycles. The van der Waals surface area contributed by atoms with Gasteiger partial charge in [-0.3, -0.25) is 0 Å². The van der Waals surface area contributed by atoms with E-state index in [-0.39, 0.29) is 0 Å². The molecule has 0 bridgehead atoms. The van der Waals surface area contributed by atoms with Gasteiger partial charge in [-0.2, -0.15) is 0 Å². The molecule has 1 aromatic heterocycles. The number of ether oxygens (including phenoxy) is 1. The van der Waals surface area contributed by atoms with Gasteiger partial charge in [-0.05, 0) is 62.9 Å². The molecule has 0 aliphatic rings. The Hall–Kier alpha value is -3.07. The minimum Gasteiger partial charge on any atom is -0.493 e. The van der Waals surface area contributed by atoms with Gasteiger partial charge in [0.15, 0.2) is 0 Å². The van der Waals surface area contributed by atoms with Gasteiger partial charge in [-0.25, -0.2) is 4.98 Å². The van der Waals surface area contributed by atoms with E-state index in [1.165, 1.54) is 27.8 Å². The molecule has 3 heteroatoms. The predicted octanol–water partition coefficient (Wildman–Crippen LogP) is 6.49. The fourth-order valence-corrected chi connectivity index (χ4v) is 3.84. The Morgan fingerprint density at radius 1 is 0.828 bits per heavy atom. The van der Waals surface area contributed by atoms with Crippen LogP contribution in [0.25, 0.3) is 22.4 Å². The van der Waals surface area contributed by atoms with Crippen LogP contribution in [0.3, 0.4) is 0 Å². The average molecular weight is 385 g/mol. The van der Waals surface area contributed by atoms with E-state index in [0.29, 0.717) is 0 Å². The molecular formula is C26H28N2O. The predicted molar refractivity (Wildman–Crippen MR) is 121 cm³/mol. The van der Waals surface area contributed by atoms with Crippen molar-refractivity contribution in [3.63, 3.8) is 0 Å². The van der Waals surface area contributed by atoms with Gasteiger partial charge in [0.2, 0.25) is 0 Å². The second-order valence-corrected chi connectivity index (χ2v) is 7.72. The Labute approximate surface area is 173 Å². The van der Waals surface area contributed by atoms with E-state index >= 15 is 0 Å². The van der Waals surface area contributed by atoms with Crippen LogP contribution in [0.4, 0.5) is 0 Å². The first-order valence-electron chi connectivity index (χ1n) is 10.3. The zero-order valence-corrected chi connectivity index (χ0v) is 17.5. The van der Waals surface area contributed by atoms with E-state index < -0.39 is 0 Å². The number of fused-ring (bicyclic) bond motifs is 1. The first kappa shape index (κ1) is 19.3. The summed E-state index contributed by atoms with van der Waals surface area (Å²) in [5, 5.41) is 0. The van der Waals surface area contributed by atoms with Gasteiger partial charge >= 0.3 is 0 Å². The summed E-state index contributed by atoms with van der Waals surface area (Å²) < 4.78 is 8.33. The highest BCUT2D eigenvalue weighted by atomic mass is 16.5. The third-order valence-corrected chi connectivity index (χ3v) is 5.40. The van der Waals surface area contributed by atoms with E-state index in [4.69, 9.17) is 9.72 Å². The number of imidazole rings is 1. The lowest BCUT2D eigenvalue weighted by Crippen LogP contribution is -2.05.